The number of hydrogen-bond acceptors (Lipinski definition) is 8. The highest BCUT2D eigenvalue weighted by Gasteiger charge is 2.35. The molecule has 2 aromatic carbocycles. The van der Waals surface area contributed by atoms with Crippen molar-refractivity contribution in [2.45, 2.75) is 48.4 Å². The molecule has 0 bridgehead atoms. The number of sulfonamides is 1. The number of rotatable bonds is 11. The van der Waals surface area contributed by atoms with Crippen LogP contribution < -0.4 is 0 Å². The van der Waals surface area contributed by atoms with Crippen molar-refractivity contribution in [1.29, 1.82) is 0 Å². The summed E-state index contributed by atoms with van der Waals surface area (Å²) in [5, 5.41) is 0. The Labute approximate surface area is 254 Å². The minimum Gasteiger partial charge on any atom is -0.301 e. The van der Waals surface area contributed by atoms with E-state index < -0.39 is 41.3 Å². The van der Waals surface area contributed by atoms with E-state index in [9.17, 15) is 34.0 Å². The molecular formula is C29H41F2N3O6S3. The molecule has 0 aromatic heterocycles. The summed E-state index contributed by atoms with van der Waals surface area (Å²) in [5.41, 5.74) is 0.298. The van der Waals surface area contributed by atoms with Crippen LogP contribution in [0.3, 0.4) is 0 Å². The van der Waals surface area contributed by atoms with E-state index in [1.807, 2.05) is 0 Å². The van der Waals surface area contributed by atoms with Crippen LogP contribution in [-0.2, 0) is 29.7 Å². The molecule has 9 nitrogen and oxygen atoms in total. The van der Waals surface area contributed by atoms with Gasteiger partial charge in [-0.25, -0.2) is 34.0 Å². The predicted octanol–water partition coefficient (Wildman–Crippen LogP) is 3.34. The number of piperidine rings is 1. The largest absolute Gasteiger partial charge is 0.301 e. The molecule has 0 N–H and O–H groups in total. The van der Waals surface area contributed by atoms with Gasteiger partial charge >= 0.3 is 0 Å². The summed E-state index contributed by atoms with van der Waals surface area (Å²) in [6.07, 6.45) is 4.72. The normalized spacial score (nSPS) is 20.2. The molecular weight excluding hydrogens is 621 g/mol. The minimum absolute atomic E-state index is 0.0645. The highest BCUT2D eigenvalue weighted by atomic mass is 32.2. The number of nitrogens with zero attached hydrogens (tertiary/aromatic N) is 3. The van der Waals surface area contributed by atoms with Gasteiger partial charge < -0.3 is 4.90 Å². The lowest BCUT2D eigenvalue weighted by Crippen LogP contribution is -2.49. The van der Waals surface area contributed by atoms with Gasteiger partial charge in [0.25, 0.3) is 0 Å². The third-order valence-electron chi connectivity index (χ3n) is 8.82. The number of benzene rings is 2. The molecule has 2 aliphatic heterocycles. The molecule has 1 atom stereocenters. The quantitative estimate of drug-likeness (QED) is 0.361. The highest BCUT2D eigenvalue weighted by Crippen LogP contribution is 2.39. The Balaban J connectivity index is 1.39. The van der Waals surface area contributed by atoms with Crippen LogP contribution in [-0.4, -0.2) is 103 Å². The standard InChI is InChI=1S/C29H41F2N3O6S3/c1-29(11-19-43(39,40)27-6-4-26(5-7-27)41(2,35)36)9-13-33(14-10-29)28(23-20-24(30)22-25(31)21-23)8-12-32-15-17-34(18-16-32)42(3,37)38/h4-7,20-22,28H,8-19H2,1-3H3. The molecule has 0 spiro atoms. The lowest BCUT2D eigenvalue weighted by Gasteiger charge is -2.43. The van der Waals surface area contributed by atoms with Gasteiger partial charge in [-0.2, -0.15) is 4.31 Å². The van der Waals surface area contributed by atoms with Crippen LogP contribution in [0.4, 0.5) is 8.78 Å². The topological polar surface area (TPSA) is 112 Å². The summed E-state index contributed by atoms with van der Waals surface area (Å²) in [6.45, 7) is 5.95. The molecule has 0 saturated carbocycles. The van der Waals surface area contributed by atoms with E-state index in [1.165, 1.54) is 47.0 Å². The molecule has 0 amide bonds. The maximum absolute atomic E-state index is 14.2. The summed E-state index contributed by atoms with van der Waals surface area (Å²) in [5.74, 6) is -1.35. The predicted molar refractivity (Wildman–Crippen MR) is 162 cm³/mol. The summed E-state index contributed by atoms with van der Waals surface area (Å²) < 4.78 is 103. The van der Waals surface area contributed by atoms with Crippen molar-refractivity contribution in [1.82, 2.24) is 14.1 Å². The number of likely N-dealkylation sites (tertiary alicyclic amines) is 1. The summed E-state index contributed by atoms with van der Waals surface area (Å²) in [4.78, 5) is 4.54. The second-order valence-corrected chi connectivity index (χ2v) is 18.3. The molecule has 14 heteroatoms. The third kappa shape index (κ3) is 9.04. The fraction of sp³-hybridized carbons (Fsp3) is 0.586. The van der Waals surface area contributed by atoms with Crippen LogP contribution in [0.15, 0.2) is 52.3 Å². The Kier molecular flexibility index (Phi) is 10.4. The zero-order valence-electron chi connectivity index (χ0n) is 24.9. The van der Waals surface area contributed by atoms with Crippen LogP contribution in [0.5, 0.6) is 0 Å². The van der Waals surface area contributed by atoms with Crippen LogP contribution in [0.1, 0.15) is 44.2 Å². The van der Waals surface area contributed by atoms with Crippen LogP contribution in [0, 0.1) is 17.0 Å². The Hall–Kier alpha value is -1.97. The third-order valence-corrected chi connectivity index (χ3v) is 13.0. The van der Waals surface area contributed by atoms with Gasteiger partial charge in [0.15, 0.2) is 19.7 Å². The first-order chi connectivity index (χ1) is 20.0. The van der Waals surface area contributed by atoms with Crippen LogP contribution in [0.25, 0.3) is 0 Å². The molecule has 0 aliphatic carbocycles. The summed E-state index contributed by atoms with van der Waals surface area (Å²) in [7, 11) is -10.3. The molecule has 1 unspecified atom stereocenters. The van der Waals surface area contributed by atoms with Crippen LogP contribution in [0.2, 0.25) is 0 Å². The lowest BCUT2D eigenvalue weighted by molar-refractivity contribution is 0.0692. The van der Waals surface area contributed by atoms with E-state index in [1.54, 1.807) is 0 Å². The first-order valence-electron chi connectivity index (χ1n) is 14.4. The number of sulfone groups is 2. The average molecular weight is 662 g/mol. The van der Waals surface area contributed by atoms with Gasteiger partial charge in [-0.05, 0) is 86.1 Å². The molecule has 2 heterocycles. The monoisotopic (exact) mass is 661 g/mol. The van der Waals surface area contributed by atoms with Gasteiger partial charge in [-0.1, -0.05) is 6.92 Å². The Morgan fingerprint density at radius 2 is 1.33 bits per heavy atom. The van der Waals surface area contributed by atoms with E-state index in [2.05, 4.69) is 16.7 Å². The van der Waals surface area contributed by atoms with Gasteiger partial charge in [0.2, 0.25) is 10.0 Å². The molecule has 0 radical (unpaired) electrons. The zero-order valence-corrected chi connectivity index (χ0v) is 27.3. The maximum Gasteiger partial charge on any atom is 0.211 e. The molecule has 4 rings (SSSR count). The van der Waals surface area contributed by atoms with Gasteiger partial charge in [-0.15, -0.1) is 0 Å². The Bertz CT molecular complexity index is 1580. The van der Waals surface area contributed by atoms with E-state index in [4.69, 9.17) is 0 Å². The van der Waals surface area contributed by atoms with Crippen LogP contribution >= 0.6 is 0 Å². The minimum atomic E-state index is -3.62. The molecule has 2 saturated heterocycles. The van der Waals surface area contributed by atoms with Gasteiger partial charge in [0.05, 0.1) is 21.8 Å². The maximum atomic E-state index is 14.2. The first-order valence-corrected chi connectivity index (χ1v) is 19.7. The molecule has 240 valence electrons. The van der Waals surface area contributed by atoms with E-state index in [-0.39, 0.29) is 27.0 Å². The fourth-order valence-electron chi connectivity index (χ4n) is 5.94. The van der Waals surface area contributed by atoms with Gasteiger partial charge in [-0.3, -0.25) is 4.90 Å². The Morgan fingerprint density at radius 3 is 1.84 bits per heavy atom. The van der Waals surface area contributed by atoms with Gasteiger partial charge in [0.1, 0.15) is 11.6 Å². The number of halogens is 2. The molecule has 2 aliphatic rings. The van der Waals surface area contributed by atoms with Crippen molar-refractivity contribution >= 4 is 29.7 Å². The summed E-state index contributed by atoms with van der Waals surface area (Å²) >= 11 is 0. The molecule has 2 aromatic rings. The van der Waals surface area contributed by atoms with E-state index >= 15 is 0 Å². The van der Waals surface area contributed by atoms with Crippen molar-refractivity contribution in [3.8, 4) is 0 Å². The SMILES string of the molecule is CC1(CCS(=O)(=O)c2ccc(S(C)(=O)=O)cc2)CCN(C(CCN2CCN(S(C)(=O)=O)CC2)c2cc(F)cc(F)c2)CC1. The van der Waals surface area contributed by atoms with E-state index in [0.717, 1.165) is 12.3 Å². The van der Waals surface area contributed by atoms with Gasteiger partial charge in [0, 0.05) is 51.1 Å². The number of hydrogen-bond donors (Lipinski definition) is 0. The fourth-order valence-corrected chi connectivity index (χ4v) is 8.94. The van der Waals surface area contributed by atoms with Crippen molar-refractivity contribution < 1.29 is 34.0 Å². The molecule has 43 heavy (non-hydrogen) atoms. The Morgan fingerprint density at radius 1 is 0.791 bits per heavy atom. The second kappa shape index (κ2) is 13.2. The number of piperazine rings is 1. The van der Waals surface area contributed by atoms with Crippen molar-refractivity contribution in [3.05, 3.63) is 59.7 Å². The first kappa shape index (κ1) is 33.9. The summed E-state index contributed by atoms with van der Waals surface area (Å²) in [6, 6.07) is 8.62. The van der Waals surface area contributed by atoms with Crippen molar-refractivity contribution in [2.24, 2.45) is 5.41 Å². The highest BCUT2D eigenvalue weighted by molar-refractivity contribution is 7.91. The zero-order chi connectivity index (χ0) is 31.6. The van der Waals surface area contributed by atoms with Crippen molar-refractivity contribution in [2.75, 3.05) is 64.1 Å². The smallest absolute Gasteiger partial charge is 0.211 e. The second-order valence-electron chi connectivity index (χ2n) is 12.2. The van der Waals surface area contributed by atoms with E-state index in [0.29, 0.717) is 77.1 Å². The average Bonchev–Trinajstić information content (AvgIpc) is 2.92. The lowest BCUT2D eigenvalue weighted by atomic mass is 9.77. The molecule has 2 fully saturated rings. The van der Waals surface area contributed by atoms with Crippen molar-refractivity contribution in [3.63, 3.8) is 0 Å².